The van der Waals surface area contributed by atoms with Gasteiger partial charge in [0, 0.05) is 18.3 Å². The number of aryl methyl sites for hydroxylation is 1. The second-order valence-electron chi connectivity index (χ2n) is 3.82. The molecule has 88 valence electrons. The number of rotatable bonds is 3. The first-order valence-corrected chi connectivity index (χ1v) is 5.31. The first-order chi connectivity index (χ1) is 8.13. The zero-order valence-corrected chi connectivity index (χ0v) is 10.1. The van der Waals surface area contributed by atoms with Crippen molar-refractivity contribution in [1.82, 2.24) is 9.78 Å². The van der Waals surface area contributed by atoms with E-state index in [1.54, 1.807) is 42.3 Å². The summed E-state index contributed by atoms with van der Waals surface area (Å²) >= 11 is 0. The van der Waals surface area contributed by atoms with Crippen LogP contribution in [0.4, 0.5) is 0 Å². The zero-order chi connectivity index (χ0) is 12.4. The summed E-state index contributed by atoms with van der Waals surface area (Å²) in [4.78, 5) is 12.2. The number of methoxy groups -OCH3 is 1. The van der Waals surface area contributed by atoms with Crippen LogP contribution in [-0.2, 0) is 7.05 Å². The minimum Gasteiger partial charge on any atom is -0.497 e. The van der Waals surface area contributed by atoms with Gasteiger partial charge in [0.25, 0.3) is 0 Å². The Balaban J connectivity index is 2.33. The van der Waals surface area contributed by atoms with Gasteiger partial charge in [-0.25, -0.2) is 0 Å². The second-order valence-corrected chi connectivity index (χ2v) is 3.82. The minimum atomic E-state index is -0.0155. The average molecular weight is 230 g/mol. The third-order valence-corrected chi connectivity index (χ3v) is 2.83. The number of hydrogen-bond donors (Lipinski definition) is 0. The fourth-order valence-corrected chi connectivity index (χ4v) is 1.62. The molecule has 0 N–H and O–H groups in total. The molecule has 0 saturated heterocycles. The van der Waals surface area contributed by atoms with Crippen molar-refractivity contribution in [3.05, 3.63) is 47.3 Å². The molecule has 2 aromatic rings. The van der Waals surface area contributed by atoms with Crippen molar-refractivity contribution in [1.29, 1.82) is 0 Å². The maximum atomic E-state index is 12.2. The quantitative estimate of drug-likeness (QED) is 0.757. The molecule has 0 radical (unpaired) electrons. The van der Waals surface area contributed by atoms with Crippen molar-refractivity contribution >= 4 is 5.78 Å². The van der Waals surface area contributed by atoms with Crippen molar-refractivity contribution in [2.75, 3.05) is 7.11 Å². The van der Waals surface area contributed by atoms with E-state index in [2.05, 4.69) is 5.10 Å². The number of carbonyl (C=O) groups excluding carboxylic acids is 1. The molecule has 0 spiro atoms. The van der Waals surface area contributed by atoms with Gasteiger partial charge in [-0.1, -0.05) is 0 Å². The Bertz CT molecular complexity index is 541. The van der Waals surface area contributed by atoms with Crippen LogP contribution in [0.15, 0.2) is 30.5 Å². The van der Waals surface area contributed by atoms with E-state index in [-0.39, 0.29) is 5.78 Å². The highest BCUT2D eigenvalue weighted by molar-refractivity contribution is 6.09. The van der Waals surface area contributed by atoms with Gasteiger partial charge in [-0.3, -0.25) is 9.48 Å². The van der Waals surface area contributed by atoms with Crippen LogP contribution in [0.5, 0.6) is 5.75 Å². The topological polar surface area (TPSA) is 44.1 Å². The Morgan fingerprint density at radius 3 is 2.41 bits per heavy atom. The van der Waals surface area contributed by atoms with Crippen LogP contribution in [0.2, 0.25) is 0 Å². The van der Waals surface area contributed by atoms with E-state index < -0.39 is 0 Å². The standard InChI is InChI=1S/C13H14N2O2/c1-9-12(8-14-15(9)2)13(16)10-4-6-11(17-3)7-5-10/h4-8H,1-3H3. The van der Waals surface area contributed by atoms with Gasteiger partial charge in [-0.15, -0.1) is 0 Å². The van der Waals surface area contributed by atoms with Crippen LogP contribution in [-0.4, -0.2) is 22.7 Å². The predicted molar refractivity (Wildman–Crippen MR) is 64.4 cm³/mol. The monoisotopic (exact) mass is 230 g/mol. The lowest BCUT2D eigenvalue weighted by molar-refractivity contribution is 0.103. The molecule has 0 aliphatic heterocycles. The van der Waals surface area contributed by atoms with Gasteiger partial charge >= 0.3 is 0 Å². The van der Waals surface area contributed by atoms with Crippen molar-refractivity contribution in [2.45, 2.75) is 6.92 Å². The predicted octanol–water partition coefficient (Wildman–Crippen LogP) is 1.97. The smallest absolute Gasteiger partial charge is 0.196 e. The number of carbonyl (C=O) groups is 1. The Labute approximate surface area is 99.8 Å². The van der Waals surface area contributed by atoms with Crippen molar-refractivity contribution < 1.29 is 9.53 Å². The lowest BCUT2D eigenvalue weighted by atomic mass is 10.0. The summed E-state index contributed by atoms with van der Waals surface area (Å²) in [5.74, 6) is 0.725. The molecule has 0 atom stereocenters. The van der Waals surface area contributed by atoms with Gasteiger partial charge in [0.05, 0.1) is 18.9 Å². The normalized spacial score (nSPS) is 10.3. The van der Waals surface area contributed by atoms with Crippen molar-refractivity contribution in [3.63, 3.8) is 0 Å². The van der Waals surface area contributed by atoms with Gasteiger partial charge in [0.1, 0.15) is 5.75 Å². The molecule has 0 fully saturated rings. The summed E-state index contributed by atoms with van der Waals surface area (Å²) < 4.78 is 6.75. The van der Waals surface area contributed by atoms with Crippen LogP contribution in [0.1, 0.15) is 21.6 Å². The molecule has 1 aromatic heterocycles. The summed E-state index contributed by atoms with van der Waals surface area (Å²) in [6, 6.07) is 7.07. The Hall–Kier alpha value is -2.10. The highest BCUT2D eigenvalue weighted by atomic mass is 16.5. The molecule has 1 aromatic carbocycles. The minimum absolute atomic E-state index is 0.0155. The molecule has 17 heavy (non-hydrogen) atoms. The zero-order valence-electron chi connectivity index (χ0n) is 10.1. The highest BCUT2D eigenvalue weighted by Gasteiger charge is 2.14. The van der Waals surface area contributed by atoms with E-state index >= 15 is 0 Å². The van der Waals surface area contributed by atoms with Gasteiger partial charge < -0.3 is 4.74 Å². The van der Waals surface area contributed by atoms with Crippen LogP contribution in [0.3, 0.4) is 0 Å². The van der Waals surface area contributed by atoms with Crippen LogP contribution < -0.4 is 4.74 Å². The lowest BCUT2D eigenvalue weighted by Crippen LogP contribution is -2.03. The third kappa shape index (κ3) is 2.06. The van der Waals surface area contributed by atoms with Crippen molar-refractivity contribution in [2.24, 2.45) is 7.05 Å². The summed E-state index contributed by atoms with van der Waals surface area (Å²) in [7, 11) is 3.42. The second kappa shape index (κ2) is 4.41. The summed E-state index contributed by atoms with van der Waals surface area (Å²) in [6.07, 6.45) is 1.60. The van der Waals surface area contributed by atoms with Gasteiger partial charge in [0.2, 0.25) is 0 Å². The first kappa shape index (κ1) is 11.4. The average Bonchev–Trinajstić information content (AvgIpc) is 2.69. The molecule has 0 unspecified atom stereocenters. The third-order valence-electron chi connectivity index (χ3n) is 2.83. The molecule has 1 heterocycles. The fourth-order valence-electron chi connectivity index (χ4n) is 1.62. The largest absolute Gasteiger partial charge is 0.497 e. The van der Waals surface area contributed by atoms with E-state index in [1.165, 1.54) is 0 Å². The summed E-state index contributed by atoms with van der Waals surface area (Å²) in [6.45, 7) is 1.88. The van der Waals surface area contributed by atoms with E-state index in [0.29, 0.717) is 11.1 Å². The highest BCUT2D eigenvalue weighted by Crippen LogP contribution is 2.16. The Kier molecular flexibility index (Phi) is 2.95. The molecule has 4 heteroatoms. The fraction of sp³-hybridized carbons (Fsp3) is 0.231. The summed E-state index contributed by atoms with van der Waals surface area (Å²) in [5, 5.41) is 4.07. The molecule has 0 amide bonds. The molecule has 0 aliphatic rings. The van der Waals surface area contributed by atoms with Crippen LogP contribution >= 0.6 is 0 Å². The number of ether oxygens (including phenoxy) is 1. The molecule has 0 saturated carbocycles. The number of hydrogen-bond acceptors (Lipinski definition) is 3. The molecular weight excluding hydrogens is 216 g/mol. The molecular formula is C13H14N2O2. The van der Waals surface area contributed by atoms with Gasteiger partial charge in [0.15, 0.2) is 5.78 Å². The van der Waals surface area contributed by atoms with E-state index in [1.807, 2.05) is 14.0 Å². The van der Waals surface area contributed by atoms with Gasteiger partial charge in [-0.2, -0.15) is 5.10 Å². The molecule has 2 rings (SSSR count). The van der Waals surface area contributed by atoms with E-state index in [9.17, 15) is 4.79 Å². The SMILES string of the molecule is COc1ccc(C(=O)c2cnn(C)c2C)cc1. The first-order valence-electron chi connectivity index (χ1n) is 5.31. The number of benzene rings is 1. The van der Waals surface area contributed by atoms with Gasteiger partial charge in [-0.05, 0) is 31.2 Å². The number of nitrogens with zero attached hydrogens (tertiary/aromatic N) is 2. The number of ketones is 1. The number of aromatic nitrogens is 2. The van der Waals surface area contributed by atoms with E-state index in [0.717, 1.165) is 11.4 Å². The Morgan fingerprint density at radius 1 is 1.29 bits per heavy atom. The lowest BCUT2D eigenvalue weighted by Gasteiger charge is -2.02. The molecule has 0 aliphatic carbocycles. The van der Waals surface area contributed by atoms with E-state index in [4.69, 9.17) is 4.74 Å². The maximum Gasteiger partial charge on any atom is 0.196 e. The molecule has 0 bridgehead atoms. The maximum absolute atomic E-state index is 12.2. The Morgan fingerprint density at radius 2 is 1.94 bits per heavy atom. The van der Waals surface area contributed by atoms with Crippen LogP contribution in [0, 0.1) is 6.92 Å². The summed E-state index contributed by atoms with van der Waals surface area (Å²) in [5.41, 5.74) is 2.14. The van der Waals surface area contributed by atoms with Crippen molar-refractivity contribution in [3.8, 4) is 5.75 Å². The molecule has 4 nitrogen and oxygen atoms in total. The van der Waals surface area contributed by atoms with Crippen LogP contribution in [0.25, 0.3) is 0 Å².